The Kier molecular flexibility index (Phi) is 3.49. The first-order valence-corrected chi connectivity index (χ1v) is 6.44. The normalized spacial score (nSPS) is 10.4. The second kappa shape index (κ2) is 5.05. The number of amides is 1. The van der Waals surface area contributed by atoms with Crippen molar-refractivity contribution in [2.24, 2.45) is 0 Å². The molecule has 90 valence electrons. The standard InChI is InChI=1S/C12H15N3OS/c1-2-4-15-7-9(13)6-11(15)12(16)14-10-3-5-17-8-10/h3,5-8H,2,4,13H2,1H3,(H,14,16). The van der Waals surface area contributed by atoms with Gasteiger partial charge in [0.05, 0.1) is 11.4 Å². The minimum atomic E-state index is -0.117. The summed E-state index contributed by atoms with van der Waals surface area (Å²) >= 11 is 1.55. The van der Waals surface area contributed by atoms with Crippen LogP contribution < -0.4 is 11.1 Å². The average Bonchev–Trinajstić information content (AvgIpc) is 2.88. The van der Waals surface area contributed by atoms with Gasteiger partial charge in [-0.1, -0.05) is 6.92 Å². The number of nitrogens with two attached hydrogens (primary N) is 1. The smallest absolute Gasteiger partial charge is 0.272 e. The second-order valence-electron chi connectivity index (χ2n) is 3.82. The van der Waals surface area contributed by atoms with Crippen LogP contribution in [0.3, 0.4) is 0 Å². The van der Waals surface area contributed by atoms with E-state index >= 15 is 0 Å². The summed E-state index contributed by atoms with van der Waals surface area (Å²) < 4.78 is 1.89. The molecule has 0 bridgehead atoms. The first-order valence-electron chi connectivity index (χ1n) is 5.50. The summed E-state index contributed by atoms with van der Waals surface area (Å²) in [5, 5.41) is 6.67. The topological polar surface area (TPSA) is 60.0 Å². The largest absolute Gasteiger partial charge is 0.397 e. The Hall–Kier alpha value is -1.75. The van der Waals surface area contributed by atoms with Gasteiger partial charge in [0.15, 0.2) is 0 Å². The van der Waals surface area contributed by atoms with Crippen LogP contribution in [0.2, 0.25) is 0 Å². The number of aromatic nitrogens is 1. The number of thiophene rings is 1. The van der Waals surface area contributed by atoms with Gasteiger partial charge in [-0.3, -0.25) is 4.79 Å². The first-order chi connectivity index (χ1) is 8.20. The Morgan fingerprint density at radius 3 is 3.06 bits per heavy atom. The van der Waals surface area contributed by atoms with Gasteiger partial charge in [0.2, 0.25) is 0 Å². The third-order valence-electron chi connectivity index (χ3n) is 2.39. The molecular weight excluding hydrogens is 234 g/mol. The highest BCUT2D eigenvalue weighted by Gasteiger charge is 2.12. The van der Waals surface area contributed by atoms with Crippen molar-refractivity contribution < 1.29 is 4.79 Å². The van der Waals surface area contributed by atoms with Crippen LogP contribution in [0.25, 0.3) is 0 Å². The number of hydrogen-bond acceptors (Lipinski definition) is 3. The summed E-state index contributed by atoms with van der Waals surface area (Å²) in [6, 6.07) is 3.58. The van der Waals surface area contributed by atoms with Crippen LogP contribution >= 0.6 is 11.3 Å². The molecule has 2 rings (SSSR count). The fourth-order valence-electron chi connectivity index (χ4n) is 1.68. The second-order valence-corrected chi connectivity index (χ2v) is 4.60. The van der Waals surface area contributed by atoms with Gasteiger partial charge >= 0.3 is 0 Å². The Balaban J connectivity index is 2.18. The fourth-order valence-corrected chi connectivity index (χ4v) is 2.27. The number of nitrogens with one attached hydrogen (secondary N) is 1. The lowest BCUT2D eigenvalue weighted by atomic mass is 10.3. The Labute approximate surface area is 104 Å². The van der Waals surface area contributed by atoms with E-state index in [2.05, 4.69) is 12.2 Å². The molecule has 17 heavy (non-hydrogen) atoms. The molecule has 0 spiro atoms. The van der Waals surface area contributed by atoms with Crippen LogP contribution in [-0.2, 0) is 6.54 Å². The first kappa shape index (κ1) is 11.7. The fraction of sp³-hybridized carbons (Fsp3) is 0.250. The summed E-state index contributed by atoms with van der Waals surface area (Å²) in [4.78, 5) is 12.0. The molecule has 4 nitrogen and oxygen atoms in total. The average molecular weight is 249 g/mol. The summed E-state index contributed by atoms with van der Waals surface area (Å²) in [5.41, 5.74) is 7.77. The van der Waals surface area contributed by atoms with Gasteiger partial charge in [0.1, 0.15) is 5.69 Å². The van der Waals surface area contributed by atoms with Crippen LogP contribution in [0.15, 0.2) is 29.1 Å². The molecule has 5 heteroatoms. The molecule has 0 radical (unpaired) electrons. The maximum absolute atomic E-state index is 12.0. The lowest BCUT2D eigenvalue weighted by molar-refractivity contribution is 0.101. The molecule has 0 aromatic carbocycles. The molecule has 0 saturated heterocycles. The van der Waals surface area contributed by atoms with Crippen molar-refractivity contribution in [2.45, 2.75) is 19.9 Å². The lowest BCUT2D eigenvalue weighted by Gasteiger charge is -2.07. The maximum atomic E-state index is 12.0. The molecule has 0 atom stereocenters. The quantitative estimate of drug-likeness (QED) is 0.875. The Morgan fingerprint density at radius 2 is 2.41 bits per heavy atom. The van der Waals surface area contributed by atoms with Gasteiger partial charge in [0.25, 0.3) is 5.91 Å². The van der Waals surface area contributed by atoms with E-state index in [-0.39, 0.29) is 5.91 Å². The molecule has 0 unspecified atom stereocenters. The van der Waals surface area contributed by atoms with E-state index in [4.69, 9.17) is 5.73 Å². The van der Waals surface area contributed by atoms with Crippen molar-refractivity contribution in [3.05, 3.63) is 34.8 Å². The van der Waals surface area contributed by atoms with Crippen molar-refractivity contribution in [1.29, 1.82) is 0 Å². The Morgan fingerprint density at radius 1 is 1.59 bits per heavy atom. The summed E-state index contributed by atoms with van der Waals surface area (Å²) in [7, 11) is 0. The predicted octanol–water partition coefficient (Wildman–Crippen LogP) is 2.79. The van der Waals surface area contributed by atoms with Crippen LogP contribution in [0, 0.1) is 0 Å². The van der Waals surface area contributed by atoms with Crippen molar-refractivity contribution >= 4 is 28.6 Å². The summed E-state index contributed by atoms with van der Waals surface area (Å²) in [6.07, 6.45) is 2.76. The SMILES string of the molecule is CCCn1cc(N)cc1C(=O)Nc1ccsc1. The van der Waals surface area contributed by atoms with Crippen LogP contribution in [0.1, 0.15) is 23.8 Å². The number of carbonyl (C=O) groups is 1. The van der Waals surface area contributed by atoms with Gasteiger partial charge in [-0.2, -0.15) is 11.3 Å². The third kappa shape index (κ3) is 2.68. The highest BCUT2D eigenvalue weighted by atomic mass is 32.1. The molecule has 2 heterocycles. The van der Waals surface area contributed by atoms with E-state index in [1.807, 2.05) is 21.4 Å². The maximum Gasteiger partial charge on any atom is 0.272 e. The molecule has 0 aliphatic carbocycles. The third-order valence-corrected chi connectivity index (χ3v) is 3.08. The van der Waals surface area contributed by atoms with Crippen molar-refractivity contribution in [3.8, 4) is 0 Å². The van der Waals surface area contributed by atoms with Gasteiger partial charge in [-0.05, 0) is 23.9 Å². The van der Waals surface area contributed by atoms with Gasteiger partial charge in [-0.25, -0.2) is 0 Å². The number of rotatable bonds is 4. The lowest BCUT2D eigenvalue weighted by Crippen LogP contribution is -2.16. The van der Waals surface area contributed by atoms with Gasteiger partial charge in [-0.15, -0.1) is 0 Å². The number of anilines is 2. The zero-order valence-electron chi connectivity index (χ0n) is 9.64. The monoisotopic (exact) mass is 249 g/mol. The number of nitrogen functional groups attached to an aromatic ring is 1. The zero-order chi connectivity index (χ0) is 12.3. The summed E-state index contributed by atoms with van der Waals surface area (Å²) in [5.74, 6) is -0.117. The van der Waals surface area contributed by atoms with E-state index in [1.54, 1.807) is 23.6 Å². The molecule has 0 aliphatic heterocycles. The van der Waals surface area contributed by atoms with E-state index in [9.17, 15) is 4.79 Å². The molecule has 0 aliphatic rings. The van der Waals surface area contributed by atoms with Crippen LogP contribution in [0.4, 0.5) is 11.4 Å². The molecule has 3 N–H and O–H groups in total. The predicted molar refractivity (Wildman–Crippen MR) is 71.4 cm³/mol. The molecule has 0 saturated carbocycles. The van der Waals surface area contributed by atoms with Gasteiger partial charge in [0, 0.05) is 18.1 Å². The molecule has 1 amide bonds. The number of hydrogen-bond donors (Lipinski definition) is 2. The summed E-state index contributed by atoms with van der Waals surface area (Å²) in [6.45, 7) is 2.86. The molecule has 2 aromatic heterocycles. The van der Waals surface area contributed by atoms with Crippen LogP contribution in [0.5, 0.6) is 0 Å². The van der Waals surface area contributed by atoms with E-state index in [1.165, 1.54) is 0 Å². The molecule has 0 fully saturated rings. The van der Waals surface area contributed by atoms with Gasteiger partial charge < -0.3 is 15.6 Å². The molecular formula is C12H15N3OS. The van der Waals surface area contributed by atoms with Crippen molar-refractivity contribution in [2.75, 3.05) is 11.1 Å². The van der Waals surface area contributed by atoms with Crippen molar-refractivity contribution in [1.82, 2.24) is 4.57 Å². The van der Waals surface area contributed by atoms with Crippen molar-refractivity contribution in [3.63, 3.8) is 0 Å². The van der Waals surface area contributed by atoms with E-state index in [0.29, 0.717) is 11.4 Å². The minimum Gasteiger partial charge on any atom is -0.397 e. The zero-order valence-corrected chi connectivity index (χ0v) is 10.5. The van der Waals surface area contributed by atoms with Crippen LogP contribution in [-0.4, -0.2) is 10.5 Å². The number of aryl methyl sites for hydroxylation is 1. The Bertz CT molecular complexity index is 502. The highest BCUT2D eigenvalue weighted by molar-refractivity contribution is 7.08. The van der Waals surface area contributed by atoms with E-state index in [0.717, 1.165) is 18.7 Å². The molecule has 2 aromatic rings. The highest BCUT2D eigenvalue weighted by Crippen LogP contribution is 2.16. The number of nitrogens with zero attached hydrogens (tertiary/aromatic N) is 1. The van der Waals surface area contributed by atoms with E-state index < -0.39 is 0 Å². The minimum absolute atomic E-state index is 0.117. The number of carbonyl (C=O) groups excluding carboxylic acids is 1.